The number of nitrogens with zero attached hydrogens (tertiary/aromatic N) is 4. The highest BCUT2D eigenvalue weighted by molar-refractivity contribution is 5.94. The molecule has 1 aromatic heterocycles. The fourth-order valence-corrected chi connectivity index (χ4v) is 5.42. The van der Waals surface area contributed by atoms with E-state index in [1.165, 1.54) is 0 Å². The van der Waals surface area contributed by atoms with Crippen molar-refractivity contribution in [3.8, 4) is 0 Å². The van der Waals surface area contributed by atoms with E-state index in [1.54, 1.807) is 0 Å². The summed E-state index contributed by atoms with van der Waals surface area (Å²) in [5.74, 6) is 0.509. The van der Waals surface area contributed by atoms with Gasteiger partial charge in [-0.3, -0.25) is 9.59 Å². The van der Waals surface area contributed by atoms with Gasteiger partial charge in [0.05, 0.1) is 0 Å². The molecule has 4 aliphatic rings. The standard InChI is InChI=1S/C21H29N5O2/c22-20-23-16-5-2-1-4-15(16)18(24-20)19(28)25-11-3-9-21(12-25)10-8-17(27)26(13-21)14-6-7-14/h14H,1-13H2,(H2,22,23,24)/t21-/m1/s1. The minimum Gasteiger partial charge on any atom is -0.368 e. The van der Waals surface area contributed by atoms with E-state index in [4.69, 9.17) is 5.73 Å². The number of hydrogen-bond donors (Lipinski definition) is 1. The maximum absolute atomic E-state index is 13.4. The van der Waals surface area contributed by atoms with Gasteiger partial charge in [0.15, 0.2) is 0 Å². The number of amides is 2. The number of piperidine rings is 2. The summed E-state index contributed by atoms with van der Waals surface area (Å²) in [5.41, 5.74) is 8.45. The molecule has 5 rings (SSSR count). The summed E-state index contributed by atoms with van der Waals surface area (Å²) in [6, 6.07) is 0.449. The summed E-state index contributed by atoms with van der Waals surface area (Å²) in [5, 5.41) is 0. The lowest BCUT2D eigenvalue weighted by atomic mass is 9.73. The molecule has 2 amide bonds. The van der Waals surface area contributed by atoms with Gasteiger partial charge in [0.1, 0.15) is 5.69 Å². The Morgan fingerprint density at radius 3 is 2.68 bits per heavy atom. The van der Waals surface area contributed by atoms with Gasteiger partial charge in [0.2, 0.25) is 11.9 Å². The minimum atomic E-state index is 0.00111. The van der Waals surface area contributed by atoms with E-state index >= 15 is 0 Å². The average Bonchev–Trinajstić information content (AvgIpc) is 3.54. The SMILES string of the molecule is Nc1nc2c(c(C(=O)N3CCC[C@@]4(CCC(=O)N(C5CC5)C4)C3)n1)CCCC2. The summed E-state index contributed by atoms with van der Waals surface area (Å²) in [6.45, 7) is 2.29. The van der Waals surface area contributed by atoms with Crippen LogP contribution in [0, 0.1) is 5.41 Å². The molecule has 2 N–H and O–H groups in total. The van der Waals surface area contributed by atoms with Crippen molar-refractivity contribution in [2.75, 3.05) is 25.4 Å². The Balaban J connectivity index is 1.39. The number of likely N-dealkylation sites (tertiary alicyclic amines) is 2. The first-order valence-corrected chi connectivity index (χ1v) is 10.8. The number of anilines is 1. The largest absolute Gasteiger partial charge is 0.368 e. The number of hydrogen-bond acceptors (Lipinski definition) is 5. The van der Waals surface area contributed by atoms with Gasteiger partial charge in [-0.25, -0.2) is 9.97 Å². The molecule has 7 nitrogen and oxygen atoms in total. The first-order valence-electron chi connectivity index (χ1n) is 10.8. The lowest BCUT2D eigenvalue weighted by Gasteiger charge is -2.48. The molecular weight excluding hydrogens is 354 g/mol. The van der Waals surface area contributed by atoms with Crippen molar-refractivity contribution < 1.29 is 9.59 Å². The average molecular weight is 383 g/mol. The van der Waals surface area contributed by atoms with Gasteiger partial charge in [-0.05, 0) is 57.8 Å². The molecule has 1 spiro atoms. The maximum Gasteiger partial charge on any atom is 0.272 e. The van der Waals surface area contributed by atoms with Crippen LogP contribution in [-0.2, 0) is 17.6 Å². The van der Waals surface area contributed by atoms with Crippen LogP contribution in [0.4, 0.5) is 5.95 Å². The second-order valence-corrected chi connectivity index (χ2v) is 9.15. The van der Waals surface area contributed by atoms with E-state index in [-0.39, 0.29) is 17.3 Å². The van der Waals surface area contributed by atoms with Gasteiger partial charge in [-0.2, -0.15) is 0 Å². The molecule has 3 fully saturated rings. The summed E-state index contributed by atoms with van der Waals surface area (Å²) in [7, 11) is 0. The molecular formula is C21H29N5O2. The number of fused-ring (bicyclic) bond motifs is 1. The highest BCUT2D eigenvalue weighted by Gasteiger charge is 2.46. The van der Waals surface area contributed by atoms with E-state index in [0.717, 1.165) is 88.7 Å². The van der Waals surface area contributed by atoms with Crippen LogP contribution in [0.1, 0.15) is 73.1 Å². The molecule has 2 aliphatic carbocycles. The van der Waals surface area contributed by atoms with Crippen molar-refractivity contribution in [1.29, 1.82) is 0 Å². The van der Waals surface area contributed by atoms with Gasteiger partial charge >= 0.3 is 0 Å². The Kier molecular flexibility index (Phi) is 4.29. The Bertz CT molecular complexity index is 821. The highest BCUT2D eigenvalue weighted by Crippen LogP contribution is 2.42. The third-order valence-electron chi connectivity index (χ3n) is 7.03. The molecule has 150 valence electrons. The first-order chi connectivity index (χ1) is 13.5. The van der Waals surface area contributed by atoms with E-state index in [9.17, 15) is 9.59 Å². The summed E-state index contributed by atoms with van der Waals surface area (Å²) in [4.78, 5) is 38.6. The molecule has 28 heavy (non-hydrogen) atoms. The van der Waals surface area contributed by atoms with Gasteiger partial charge in [0.25, 0.3) is 5.91 Å². The Labute approximate surface area is 165 Å². The predicted octanol–water partition coefficient (Wildman–Crippen LogP) is 1.94. The smallest absolute Gasteiger partial charge is 0.272 e. The quantitative estimate of drug-likeness (QED) is 0.843. The maximum atomic E-state index is 13.4. The van der Waals surface area contributed by atoms with Crippen LogP contribution in [0.3, 0.4) is 0 Å². The van der Waals surface area contributed by atoms with E-state index in [0.29, 0.717) is 24.1 Å². The predicted molar refractivity (Wildman–Crippen MR) is 105 cm³/mol. The number of carbonyl (C=O) groups is 2. The van der Waals surface area contributed by atoms with Crippen molar-refractivity contribution in [1.82, 2.24) is 19.8 Å². The van der Waals surface area contributed by atoms with Crippen LogP contribution in [0.2, 0.25) is 0 Å². The zero-order chi connectivity index (χ0) is 19.3. The van der Waals surface area contributed by atoms with Crippen LogP contribution in [0.15, 0.2) is 0 Å². The van der Waals surface area contributed by atoms with Gasteiger partial charge in [0, 0.05) is 48.8 Å². The van der Waals surface area contributed by atoms with Crippen molar-refractivity contribution >= 4 is 17.8 Å². The molecule has 0 radical (unpaired) electrons. The lowest BCUT2D eigenvalue weighted by molar-refractivity contribution is -0.139. The number of aromatic nitrogens is 2. The number of carbonyl (C=O) groups excluding carboxylic acids is 2. The van der Waals surface area contributed by atoms with Crippen molar-refractivity contribution in [2.24, 2.45) is 5.41 Å². The lowest BCUT2D eigenvalue weighted by Crippen LogP contribution is -2.55. The van der Waals surface area contributed by atoms with E-state index in [2.05, 4.69) is 14.9 Å². The molecule has 3 heterocycles. The van der Waals surface area contributed by atoms with Gasteiger partial charge < -0.3 is 15.5 Å². The molecule has 0 unspecified atom stereocenters. The number of rotatable bonds is 2. The van der Waals surface area contributed by atoms with Crippen LogP contribution < -0.4 is 5.73 Å². The van der Waals surface area contributed by atoms with Crippen molar-refractivity contribution in [3.05, 3.63) is 17.0 Å². The number of nitrogen functional groups attached to an aromatic ring is 1. The summed E-state index contributed by atoms with van der Waals surface area (Å²) >= 11 is 0. The second kappa shape index (κ2) is 6.71. The zero-order valence-electron chi connectivity index (χ0n) is 16.5. The Morgan fingerprint density at radius 1 is 1.04 bits per heavy atom. The Hall–Kier alpha value is -2.18. The molecule has 2 saturated heterocycles. The fraction of sp³-hybridized carbons (Fsp3) is 0.714. The minimum absolute atomic E-state index is 0.00111. The number of aryl methyl sites for hydroxylation is 1. The normalized spacial score (nSPS) is 27.8. The molecule has 7 heteroatoms. The third kappa shape index (κ3) is 3.14. The number of nitrogens with two attached hydrogens (primary N) is 1. The molecule has 0 aromatic carbocycles. The summed E-state index contributed by atoms with van der Waals surface area (Å²) < 4.78 is 0. The van der Waals surface area contributed by atoms with Crippen LogP contribution >= 0.6 is 0 Å². The highest BCUT2D eigenvalue weighted by atomic mass is 16.2. The van der Waals surface area contributed by atoms with Crippen LogP contribution in [-0.4, -0.2) is 57.3 Å². The summed E-state index contributed by atoms with van der Waals surface area (Å²) in [6.07, 6.45) is 9.77. The van der Waals surface area contributed by atoms with E-state index < -0.39 is 0 Å². The monoisotopic (exact) mass is 383 g/mol. The third-order valence-corrected chi connectivity index (χ3v) is 7.03. The topological polar surface area (TPSA) is 92.4 Å². The first kappa shape index (κ1) is 17.9. The second-order valence-electron chi connectivity index (χ2n) is 9.15. The Morgan fingerprint density at radius 2 is 1.86 bits per heavy atom. The van der Waals surface area contributed by atoms with Crippen LogP contribution in [0.5, 0.6) is 0 Å². The molecule has 1 atom stereocenters. The van der Waals surface area contributed by atoms with Gasteiger partial charge in [-0.15, -0.1) is 0 Å². The van der Waals surface area contributed by atoms with E-state index in [1.807, 2.05) is 4.90 Å². The van der Waals surface area contributed by atoms with Crippen LogP contribution in [0.25, 0.3) is 0 Å². The molecule has 1 aromatic rings. The van der Waals surface area contributed by atoms with Crippen molar-refractivity contribution in [2.45, 2.75) is 70.3 Å². The molecule has 2 aliphatic heterocycles. The van der Waals surface area contributed by atoms with Gasteiger partial charge in [-0.1, -0.05) is 0 Å². The molecule has 0 bridgehead atoms. The van der Waals surface area contributed by atoms with Crippen molar-refractivity contribution in [3.63, 3.8) is 0 Å². The zero-order valence-corrected chi connectivity index (χ0v) is 16.5. The molecule has 1 saturated carbocycles. The fourth-order valence-electron chi connectivity index (χ4n) is 5.42.